The predicted molar refractivity (Wildman–Crippen MR) is 92.5 cm³/mol. The zero-order valence-electron chi connectivity index (χ0n) is 12.8. The molecule has 0 spiro atoms. The summed E-state index contributed by atoms with van der Waals surface area (Å²) < 4.78 is 6.50. The summed E-state index contributed by atoms with van der Waals surface area (Å²) in [6.45, 7) is 4.84. The first-order chi connectivity index (χ1) is 10.6. The summed E-state index contributed by atoms with van der Waals surface area (Å²) in [6, 6.07) is 5.70. The van der Waals surface area contributed by atoms with Crippen LogP contribution in [0.3, 0.4) is 0 Å². The number of halogens is 2. The molecule has 0 bridgehead atoms. The van der Waals surface area contributed by atoms with E-state index in [0.29, 0.717) is 16.8 Å². The zero-order chi connectivity index (χ0) is 15.9. The van der Waals surface area contributed by atoms with E-state index < -0.39 is 0 Å². The van der Waals surface area contributed by atoms with Gasteiger partial charge in [-0.1, -0.05) is 34.5 Å². The third-order valence-electron chi connectivity index (χ3n) is 3.78. The summed E-state index contributed by atoms with van der Waals surface area (Å²) in [6.07, 6.45) is 2.96. The van der Waals surface area contributed by atoms with E-state index in [9.17, 15) is 4.79 Å². The molecule has 2 rings (SSSR count). The van der Waals surface area contributed by atoms with E-state index >= 15 is 0 Å². The number of carbonyl (C=O) groups is 1. The fraction of sp³-hybridized carbons (Fsp3) is 0.562. The minimum Gasteiger partial charge on any atom is -0.482 e. The summed E-state index contributed by atoms with van der Waals surface area (Å²) in [7, 11) is 0. The van der Waals surface area contributed by atoms with Gasteiger partial charge in [0, 0.05) is 17.1 Å². The summed E-state index contributed by atoms with van der Waals surface area (Å²) >= 11 is 9.47. The van der Waals surface area contributed by atoms with Gasteiger partial charge in [-0.15, -0.1) is 0 Å². The minimum absolute atomic E-state index is 0.0330. The lowest BCUT2D eigenvalue weighted by atomic mass is 10.0. The van der Waals surface area contributed by atoms with Crippen LogP contribution in [0.2, 0.25) is 5.02 Å². The van der Waals surface area contributed by atoms with E-state index in [4.69, 9.17) is 16.3 Å². The Hall–Kier alpha value is -0.780. The number of piperidine rings is 1. The SMILES string of the molecule is CCCN(C(=O)COc1ccc(Br)cc1Cl)C1CCNCC1. The molecule has 1 aliphatic rings. The molecule has 0 unspecified atom stereocenters. The lowest BCUT2D eigenvalue weighted by Gasteiger charge is -2.34. The second-order valence-electron chi connectivity index (χ2n) is 5.43. The van der Waals surface area contributed by atoms with Gasteiger partial charge >= 0.3 is 0 Å². The van der Waals surface area contributed by atoms with E-state index in [1.54, 1.807) is 12.1 Å². The Morgan fingerprint density at radius 1 is 1.45 bits per heavy atom. The predicted octanol–water partition coefficient (Wildman–Crippen LogP) is 3.47. The second-order valence-corrected chi connectivity index (χ2v) is 6.75. The van der Waals surface area contributed by atoms with Crippen LogP contribution in [0.5, 0.6) is 5.75 Å². The Morgan fingerprint density at radius 3 is 2.82 bits per heavy atom. The maximum Gasteiger partial charge on any atom is 0.260 e. The first kappa shape index (κ1) is 17.6. The summed E-state index contributed by atoms with van der Waals surface area (Å²) in [5.74, 6) is 0.577. The number of hydrogen-bond donors (Lipinski definition) is 1. The number of benzene rings is 1. The Labute approximate surface area is 145 Å². The van der Waals surface area contributed by atoms with Crippen molar-refractivity contribution in [2.75, 3.05) is 26.2 Å². The lowest BCUT2D eigenvalue weighted by Crippen LogP contribution is -2.48. The number of hydrogen-bond acceptors (Lipinski definition) is 3. The highest BCUT2D eigenvalue weighted by molar-refractivity contribution is 9.10. The van der Waals surface area contributed by atoms with E-state index in [1.807, 2.05) is 11.0 Å². The topological polar surface area (TPSA) is 41.6 Å². The first-order valence-corrected chi connectivity index (χ1v) is 8.87. The average Bonchev–Trinajstić information content (AvgIpc) is 2.52. The van der Waals surface area contributed by atoms with Crippen LogP contribution in [0.4, 0.5) is 0 Å². The molecule has 4 nitrogen and oxygen atoms in total. The van der Waals surface area contributed by atoms with Crippen LogP contribution in [-0.4, -0.2) is 43.1 Å². The average molecular weight is 390 g/mol. The number of rotatable bonds is 6. The molecule has 1 N–H and O–H groups in total. The standard InChI is InChI=1S/C16H22BrClN2O2/c1-2-9-20(13-5-7-19-8-6-13)16(21)11-22-15-4-3-12(17)10-14(15)18/h3-4,10,13,19H,2,5-9,11H2,1H3. The van der Waals surface area contributed by atoms with Gasteiger partial charge in [-0.2, -0.15) is 0 Å². The molecular formula is C16H22BrClN2O2. The van der Waals surface area contributed by atoms with Gasteiger partial charge in [0.2, 0.25) is 0 Å². The van der Waals surface area contributed by atoms with Crippen LogP contribution in [0, 0.1) is 0 Å². The zero-order valence-corrected chi connectivity index (χ0v) is 15.1. The van der Waals surface area contributed by atoms with Crippen LogP contribution in [0.25, 0.3) is 0 Å². The van der Waals surface area contributed by atoms with Crippen molar-refractivity contribution in [3.63, 3.8) is 0 Å². The van der Waals surface area contributed by atoms with Gasteiger partial charge in [0.05, 0.1) is 5.02 Å². The van der Waals surface area contributed by atoms with E-state index in [-0.39, 0.29) is 12.5 Å². The molecule has 1 aromatic rings. The molecule has 0 radical (unpaired) electrons. The van der Waals surface area contributed by atoms with Gasteiger partial charge in [-0.25, -0.2) is 0 Å². The third kappa shape index (κ3) is 4.86. The molecule has 1 fully saturated rings. The monoisotopic (exact) mass is 388 g/mol. The maximum atomic E-state index is 12.5. The van der Waals surface area contributed by atoms with Gasteiger partial charge in [0.15, 0.2) is 6.61 Å². The molecular weight excluding hydrogens is 368 g/mol. The smallest absolute Gasteiger partial charge is 0.260 e. The van der Waals surface area contributed by atoms with Gasteiger partial charge in [0.1, 0.15) is 5.75 Å². The highest BCUT2D eigenvalue weighted by Gasteiger charge is 2.24. The fourth-order valence-electron chi connectivity index (χ4n) is 2.68. The molecule has 1 heterocycles. The largest absolute Gasteiger partial charge is 0.482 e. The molecule has 1 amide bonds. The second kappa shape index (κ2) is 8.75. The summed E-state index contributed by atoms with van der Waals surface area (Å²) in [5.41, 5.74) is 0. The summed E-state index contributed by atoms with van der Waals surface area (Å²) in [5, 5.41) is 3.84. The molecule has 1 aromatic carbocycles. The maximum absolute atomic E-state index is 12.5. The highest BCUT2D eigenvalue weighted by atomic mass is 79.9. The lowest BCUT2D eigenvalue weighted by molar-refractivity contribution is -0.136. The van der Waals surface area contributed by atoms with Crippen molar-refractivity contribution in [1.82, 2.24) is 10.2 Å². The van der Waals surface area contributed by atoms with E-state index in [2.05, 4.69) is 28.2 Å². The van der Waals surface area contributed by atoms with Gasteiger partial charge in [0.25, 0.3) is 5.91 Å². The Kier molecular flexibility index (Phi) is 6.99. The first-order valence-electron chi connectivity index (χ1n) is 7.70. The molecule has 0 atom stereocenters. The third-order valence-corrected chi connectivity index (χ3v) is 4.57. The molecule has 0 aliphatic carbocycles. The Balaban J connectivity index is 1.95. The Morgan fingerprint density at radius 2 is 2.18 bits per heavy atom. The van der Waals surface area contributed by atoms with E-state index in [1.165, 1.54) is 0 Å². The van der Waals surface area contributed by atoms with Crippen molar-refractivity contribution in [2.24, 2.45) is 0 Å². The number of carbonyl (C=O) groups excluding carboxylic acids is 1. The van der Waals surface area contributed by atoms with Crippen molar-refractivity contribution >= 4 is 33.4 Å². The summed E-state index contributed by atoms with van der Waals surface area (Å²) in [4.78, 5) is 14.5. The van der Waals surface area contributed by atoms with Crippen LogP contribution in [-0.2, 0) is 4.79 Å². The highest BCUT2D eigenvalue weighted by Crippen LogP contribution is 2.27. The van der Waals surface area contributed by atoms with Gasteiger partial charge < -0.3 is 15.0 Å². The minimum atomic E-state index is 0.0330. The number of ether oxygens (including phenoxy) is 1. The molecule has 1 saturated heterocycles. The molecule has 1 aliphatic heterocycles. The van der Waals surface area contributed by atoms with E-state index in [0.717, 1.165) is 43.4 Å². The molecule has 22 heavy (non-hydrogen) atoms. The van der Waals surface area contributed by atoms with Crippen molar-refractivity contribution in [3.8, 4) is 5.75 Å². The molecule has 6 heteroatoms. The number of nitrogens with zero attached hydrogens (tertiary/aromatic N) is 1. The normalized spacial score (nSPS) is 15.6. The van der Waals surface area contributed by atoms with Crippen molar-refractivity contribution in [2.45, 2.75) is 32.2 Å². The number of nitrogens with one attached hydrogen (secondary N) is 1. The van der Waals surface area contributed by atoms with Crippen LogP contribution >= 0.6 is 27.5 Å². The Bertz CT molecular complexity index is 507. The molecule has 0 saturated carbocycles. The quantitative estimate of drug-likeness (QED) is 0.810. The van der Waals surface area contributed by atoms with Gasteiger partial charge in [-0.05, 0) is 50.6 Å². The van der Waals surface area contributed by atoms with Crippen molar-refractivity contribution < 1.29 is 9.53 Å². The fourth-order valence-corrected chi connectivity index (χ4v) is 3.41. The molecule has 122 valence electrons. The van der Waals surface area contributed by atoms with Crippen LogP contribution in [0.15, 0.2) is 22.7 Å². The van der Waals surface area contributed by atoms with Gasteiger partial charge in [-0.3, -0.25) is 4.79 Å². The molecule has 0 aromatic heterocycles. The van der Waals surface area contributed by atoms with Crippen LogP contribution < -0.4 is 10.1 Å². The number of amides is 1. The van der Waals surface area contributed by atoms with Crippen molar-refractivity contribution in [3.05, 3.63) is 27.7 Å². The van der Waals surface area contributed by atoms with Crippen LogP contribution in [0.1, 0.15) is 26.2 Å². The van der Waals surface area contributed by atoms with Crippen molar-refractivity contribution in [1.29, 1.82) is 0 Å².